The van der Waals surface area contributed by atoms with E-state index < -0.39 is 0 Å². The summed E-state index contributed by atoms with van der Waals surface area (Å²) in [5, 5.41) is 5.07. The number of para-hydroxylation sites is 4. The molecule has 0 aliphatic heterocycles. The van der Waals surface area contributed by atoms with Crippen LogP contribution in [0.25, 0.3) is 66.1 Å². The van der Waals surface area contributed by atoms with Crippen LogP contribution < -0.4 is 4.90 Å². The second kappa shape index (κ2) is 12.2. The van der Waals surface area contributed by atoms with Gasteiger partial charge in [0.2, 0.25) is 0 Å². The van der Waals surface area contributed by atoms with E-state index in [1.165, 1.54) is 66.0 Å². The lowest BCUT2D eigenvalue weighted by Crippen LogP contribution is -2.10. The molecule has 0 atom stereocenters. The maximum atomic E-state index is 2.38. The summed E-state index contributed by atoms with van der Waals surface area (Å²) in [7, 11) is 0. The third-order valence-corrected chi connectivity index (χ3v) is 10.4. The second-order valence-corrected chi connectivity index (χ2v) is 13.5. The Kier molecular flexibility index (Phi) is 7.04. The largest absolute Gasteiger partial charge is 0.311 e. The quantitative estimate of drug-likeness (QED) is 0.172. The van der Waals surface area contributed by atoms with Crippen LogP contribution in [0.1, 0.15) is 5.56 Å². The van der Waals surface area contributed by atoms with E-state index in [1.807, 2.05) is 0 Å². The highest BCUT2D eigenvalue weighted by atomic mass is 15.1. The zero-order chi connectivity index (χ0) is 34.6. The molecular weight excluding hydrogens is 631 g/mol. The Bertz CT molecular complexity index is 2880. The van der Waals surface area contributed by atoms with Crippen molar-refractivity contribution in [1.29, 1.82) is 0 Å². The highest BCUT2D eigenvalue weighted by Gasteiger charge is 2.17. The Morgan fingerprint density at radius 2 is 0.769 bits per heavy atom. The molecule has 8 aromatic carbocycles. The fourth-order valence-corrected chi connectivity index (χ4v) is 7.95. The minimum absolute atomic E-state index is 1.11. The lowest BCUT2D eigenvalue weighted by Gasteiger charge is -2.26. The molecule has 0 aliphatic rings. The average molecular weight is 666 g/mol. The summed E-state index contributed by atoms with van der Waals surface area (Å²) in [5.41, 5.74) is 14.2. The molecule has 3 heteroatoms. The number of anilines is 3. The topological polar surface area (TPSA) is 13.1 Å². The lowest BCUT2D eigenvalue weighted by molar-refractivity contribution is 1.17. The van der Waals surface area contributed by atoms with Crippen molar-refractivity contribution in [2.24, 2.45) is 0 Å². The smallest absolute Gasteiger partial charge is 0.0541 e. The molecule has 10 rings (SSSR count). The van der Waals surface area contributed by atoms with E-state index >= 15 is 0 Å². The van der Waals surface area contributed by atoms with Gasteiger partial charge < -0.3 is 14.0 Å². The summed E-state index contributed by atoms with van der Waals surface area (Å²) < 4.78 is 4.74. The van der Waals surface area contributed by atoms with Crippen molar-refractivity contribution in [3.8, 4) is 22.5 Å². The van der Waals surface area contributed by atoms with Crippen LogP contribution in [-0.2, 0) is 0 Å². The van der Waals surface area contributed by atoms with E-state index in [0.29, 0.717) is 0 Å². The van der Waals surface area contributed by atoms with Crippen molar-refractivity contribution in [3.05, 3.63) is 200 Å². The van der Waals surface area contributed by atoms with E-state index in [0.717, 1.165) is 22.7 Å². The third kappa shape index (κ3) is 4.90. The standard InChI is InChI=1S/C49H35N3/c1-34-20-30-48-44(32-34)42-16-8-10-18-46(42)52(48)41-28-26-40(27-29-41)50(37-12-4-2-5-13-37)39-24-21-35(22-25-39)36-23-31-49-45(33-36)43-17-9-11-19-47(43)51(49)38-14-6-3-7-15-38/h2-33H,1H3. The van der Waals surface area contributed by atoms with Gasteiger partial charge in [-0.15, -0.1) is 0 Å². The fourth-order valence-electron chi connectivity index (χ4n) is 7.95. The zero-order valence-electron chi connectivity index (χ0n) is 28.8. The molecule has 0 saturated carbocycles. The first-order valence-electron chi connectivity index (χ1n) is 17.9. The number of nitrogens with zero attached hydrogens (tertiary/aromatic N) is 3. The molecule has 0 fully saturated rings. The Balaban J connectivity index is 1.04. The highest BCUT2D eigenvalue weighted by molar-refractivity contribution is 6.11. The Labute approximate surface area is 302 Å². The molecule has 246 valence electrons. The van der Waals surface area contributed by atoms with E-state index in [-0.39, 0.29) is 0 Å². The first-order chi connectivity index (χ1) is 25.7. The van der Waals surface area contributed by atoms with E-state index in [9.17, 15) is 0 Å². The van der Waals surface area contributed by atoms with Gasteiger partial charge in [0.25, 0.3) is 0 Å². The van der Waals surface area contributed by atoms with Crippen LogP contribution >= 0.6 is 0 Å². The molecule has 0 amide bonds. The third-order valence-electron chi connectivity index (χ3n) is 10.4. The number of hydrogen-bond acceptors (Lipinski definition) is 1. The minimum Gasteiger partial charge on any atom is -0.311 e. The van der Waals surface area contributed by atoms with Crippen molar-refractivity contribution in [2.75, 3.05) is 4.90 Å². The Hall–Kier alpha value is -6.84. The van der Waals surface area contributed by atoms with E-state index in [1.54, 1.807) is 0 Å². The lowest BCUT2D eigenvalue weighted by atomic mass is 10.0. The van der Waals surface area contributed by atoms with Gasteiger partial charge in [0.15, 0.2) is 0 Å². The summed E-state index contributed by atoms with van der Waals surface area (Å²) in [5.74, 6) is 0. The SMILES string of the molecule is Cc1ccc2c(c1)c1ccccc1n2-c1ccc(N(c2ccccc2)c2ccc(-c3ccc4c(c3)c3ccccc3n4-c3ccccc3)cc2)cc1. The van der Waals surface area contributed by atoms with Crippen molar-refractivity contribution < 1.29 is 0 Å². The maximum Gasteiger partial charge on any atom is 0.0541 e. The van der Waals surface area contributed by atoms with Crippen molar-refractivity contribution in [1.82, 2.24) is 9.13 Å². The van der Waals surface area contributed by atoms with Crippen molar-refractivity contribution in [2.45, 2.75) is 6.92 Å². The fraction of sp³-hybridized carbons (Fsp3) is 0.0204. The van der Waals surface area contributed by atoms with Gasteiger partial charge in [-0.05, 0) is 115 Å². The highest BCUT2D eigenvalue weighted by Crippen LogP contribution is 2.39. The van der Waals surface area contributed by atoms with Crippen LogP contribution in [0, 0.1) is 6.92 Å². The monoisotopic (exact) mass is 665 g/mol. The van der Waals surface area contributed by atoms with Gasteiger partial charge in [0, 0.05) is 50.0 Å². The average Bonchev–Trinajstić information content (AvgIpc) is 3.71. The molecule has 52 heavy (non-hydrogen) atoms. The predicted octanol–water partition coefficient (Wildman–Crippen LogP) is 13.3. The van der Waals surface area contributed by atoms with Crippen LogP contribution in [0.3, 0.4) is 0 Å². The van der Waals surface area contributed by atoms with Crippen LogP contribution in [-0.4, -0.2) is 9.13 Å². The van der Waals surface area contributed by atoms with Crippen LogP contribution in [0.4, 0.5) is 17.1 Å². The first-order valence-corrected chi connectivity index (χ1v) is 17.9. The van der Waals surface area contributed by atoms with E-state index in [2.05, 4.69) is 215 Å². The molecule has 0 aliphatic carbocycles. The normalized spacial score (nSPS) is 11.6. The summed E-state index contributed by atoms with van der Waals surface area (Å²) in [4.78, 5) is 2.33. The molecule has 10 aromatic rings. The number of aryl methyl sites for hydroxylation is 1. The number of rotatable bonds is 6. The molecule has 3 nitrogen and oxygen atoms in total. The summed E-state index contributed by atoms with van der Waals surface area (Å²) in [6.45, 7) is 2.16. The van der Waals surface area contributed by atoms with Gasteiger partial charge in [-0.3, -0.25) is 0 Å². The van der Waals surface area contributed by atoms with Crippen LogP contribution in [0.15, 0.2) is 194 Å². The molecule has 0 N–H and O–H groups in total. The number of fused-ring (bicyclic) bond motifs is 6. The van der Waals surface area contributed by atoms with Gasteiger partial charge >= 0.3 is 0 Å². The number of benzene rings is 8. The van der Waals surface area contributed by atoms with Crippen molar-refractivity contribution in [3.63, 3.8) is 0 Å². The van der Waals surface area contributed by atoms with Crippen molar-refractivity contribution >= 4 is 60.7 Å². The van der Waals surface area contributed by atoms with Gasteiger partial charge in [-0.25, -0.2) is 0 Å². The molecule has 0 saturated heterocycles. The van der Waals surface area contributed by atoms with E-state index in [4.69, 9.17) is 0 Å². The predicted molar refractivity (Wildman–Crippen MR) is 220 cm³/mol. The van der Waals surface area contributed by atoms with Gasteiger partial charge in [-0.2, -0.15) is 0 Å². The summed E-state index contributed by atoms with van der Waals surface area (Å²) >= 11 is 0. The first kappa shape index (κ1) is 30.0. The van der Waals surface area contributed by atoms with Gasteiger partial charge in [0.05, 0.1) is 22.1 Å². The molecular formula is C49H35N3. The molecule has 0 radical (unpaired) electrons. The van der Waals surface area contributed by atoms with Gasteiger partial charge in [-0.1, -0.05) is 103 Å². The molecule has 2 heterocycles. The van der Waals surface area contributed by atoms with Gasteiger partial charge in [0.1, 0.15) is 0 Å². The van der Waals surface area contributed by atoms with Crippen LogP contribution in [0.2, 0.25) is 0 Å². The van der Waals surface area contributed by atoms with Crippen LogP contribution in [0.5, 0.6) is 0 Å². The summed E-state index contributed by atoms with van der Waals surface area (Å²) in [6.07, 6.45) is 0. The minimum atomic E-state index is 1.11. The molecule has 0 spiro atoms. The zero-order valence-corrected chi connectivity index (χ0v) is 28.8. The second-order valence-electron chi connectivity index (χ2n) is 13.5. The summed E-state index contributed by atoms with van der Waals surface area (Å²) in [6, 6.07) is 70.2. The molecule has 2 aromatic heterocycles. The maximum absolute atomic E-state index is 2.38. The molecule has 0 bridgehead atoms. The Morgan fingerprint density at radius 1 is 0.327 bits per heavy atom. The Morgan fingerprint density at radius 3 is 1.40 bits per heavy atom. The molecule has 0 unspecified atom stereocenters. The number of aromatic nitrogens is 2. The number of hydrogen-bond donors (Lipinski definition) is 0.